The third-order valence-corrected chi connectivity index (χ3v) is 17.8. The van der Waals surface area contributed by atoms with Crippen LogP contribution >= 0.6 is 15.8 Å². The Labute approximate surface area is 447 Å². The molecule has 70 heavy (non-hydrogen) atoms. The largest absolute Gasteiger partial charge is 1.00 e. The van der Waals surface area contributed by atoms with E-state index in [1.165, 1.54) is 64.9 Å². The molecule has 0 unspecified atom stereocenters. The Balaban J connectivity index is 0.000000163. The molecule has 11 aromatic rings. The van der Waals surface area contributed by atoms with Gasteiger partial charge in [-0.3, -0.25) is 11.8 Å². The molecule has 0 radical (unpaired) electrons. The second-order valence-corrected chi connectivity index (χ2v) is 21.0. The Kier molecular flexibility index (Phi) is 18.9. The predicted octanol–water partition coefficient (Wildman–Crippen LogP) is 13.6. The van der Waals surface area contributed by atoms with Gasteiger partial charge in [0.1, 0.15) is 47.7 Å². The third-order valence-electron chi connectivity index (χ3n) is 12.0. The molecule has 342 valence electrons. The van der Waals surface area contributed by atoms with Crippen LogP contribution < -0.4 is 31.8 Å². The van der Waals surface area contributed by atoms with Crippen molar-refractivity contribution in [2.75, 3.05) is 0 Å². The van der Waals surface area contributed by atoms with Crippen molar-refractivity contribution < 1.29 is 44.8 Å². The van der Waals surface area contributed by atoms with Gasteiger partial charge in [-0.2, -0.15) is 0 Å². The van der Waals surface area contributed by atoms with Crippen molar-refractivity contribution in [3.8, 4) is 34.1 Å². The Bertz CT molecular complexity index is 3150. The first kappa shape index (κ1) is 51.3. The molecule has 0 heterocycles. The maximum Gasteiger partial charge on any atom is 1.00 e. The standard InChI is InChI=1S/C30H24P2.2C18H11.2Au/c1-5-15-25(16-6-1)31(26-17-7-2-8-18-26)29-23-13-14-24-30(29)32(27-19-9-3-10-20-27)28-21-11-4-12-22-28;2*1-2-14-12-13-17(15-8-4-3-5-9-15)18-11-7-6-10-16(14)18;;/h1-24H;2*3-13H;;/q;2*-1;2*+1/p+2. The van der Waals surface area contributed by atoms with Gasteiger partial charge in [-0.05, 0) is 93.7 Å². The molecule has 0 atom stereocenters. The zero-order valence-corrected chi connectivity index (χ0v) is 44.5. The van der Waals surface area contributed by atoms with Gasteiger partial charge in [-0.25, -0.2) is 0 Å². The molecule has 0 aliphatic heterocycles. The zero-order chi connectivity index (χ0) is 46.3. The average molecular weight is 1300 g/mol. The van der Waals surface area contributed by atoms with Crippen LogP contribution in [0.3, 0.4) is 0 Å². The van der Waals surface area contributed by atoms with E-state index in [2.05, 4.69) is 206 Å². The van der Waals surface area contributed by atoms with E-state index < -0.39 is 15.8 Å². The van der Waals surface area contributed by atoms with Crippen molar-refractivity contribution in [2.45, 2.75) is 0 Å². The molecule has 11 aromatic carbocycles. The minimum Gasteiger partial charge on any atom is -0.366 e. The summed E-state index contributed by atoms with van der Waals surface area (Å²) in [7, 11) is -2.28. The third kappa shape index (κ3) is 12.0. The van der Waals surface area contributed by atoms with Crippen molar-refractivity contribution >= 4 is 69.2 Å². The van der Waals surface area contributed by atoms with E-state index in [0.29, 0.717) is 0 Å². The van der Waals surface area contributed by atoms with Gasteiger partial charge in [-0.15, -0.1) is 23.3 Å². The van der Waals surface area contributed by atoms with Crippen LogP contribution in [0.5, 0.6) is 0 Å². The molecule has 11 rings (SSSR count). The van der Waals surface area contributed by atoms with Crippen molar-refractivity contribution in [1.29, 1.82) is 0 Å². The summed E-state index contributed by atoms with van der Waals surface area (Å²) < 4.78 is 0. The van der Waals surface area contributed by atoms with Gasteiger partial charge in [-0.1, -0.05) is 217 Å². The second kappa shape index (κ2) is 25.8. The molecule has 0 spiro atoms. The molecule has 0 nitrogen and oxygen atoms in total. The number of benzene rings is 11. The van der Waals surface area contributed by atoms with Crippen molar-refractivity contribution in [3.05, 3.63) is 303 Å². The summed E-state index contributed by atoms with van der Waals surface area (Å²) in [4.78, 5) is 0. The average Bonchev–Trinajstić information content (AvgIpc) is 3.43. The summed E-state index contributed by atoms with van der Waals surface area (Å²) in [5.74, 6) is 5.00. The second-order valence-electron chi connectivity index (χ2n) is 16.2. The predicted molar refractivity (Wildman–Crippen MR) is 298 cm³/mol. The van der Waals surface area contributed by atoms with E-state index in [9.17, 15) is 0 Å². The Morgan fingerprint density at radius 1 is 0.243 bits per heavy atom. The van der Waals surface area contributed by atoms with Gasteiger partial charge >= 0.3 is 44.8 Å². The van der Waals surface area contributed by atoms with Crippen LogP contribution in [0, 0.1) is 24.7 Å². The Morgan fingerprint density at radius 3 is 0.771 bits per heavy atom. The molecular formula is C66H48Au2P2+2. The summed E-state index contributed by atoms with van der Waals surface area (Å²) in [6.45, 7) is 0. The van der Waals surface area contributed by atoms with Gasteiger partial charge in [0.05, 0.1) is 0 Å². The molecule has 0 bridgehead atoms. The van der Waals surface area contributed by atoms with Crippen LogP contribution in [0.2, 0.25) is 0 Å². The number of hydrogen-bond acceptors (Lipinski definition) is 0. The van der Waals surface area contributed by atoms with Crippen LogP contribution in [0.1, 0.15) is 11.1 Å². The van der Waals surface area contributed by atoms with Gasteiger partial charge in [0.25, 0.3) is 0 Å². The summed E-state index contributed by atoms with van der Waals surface area (Å²) in [6, 6.07) is 98.4. The molecule has 0 aromatic heterocycles. The molecule has 0 amide bonds. The number of hydrogen-bond donors (Lipinski definition) is 0. The Morgan fingerprint density at radius 2 is 0.486 bits per heavy atom. The van der Waals surface area contributed by atoms with Gasteiger partial charge in [0, 0.05) is 0 Å². The van der Waals surface area contributed by atoms with E-state index in [0.717, 1.165) is 21.9 Å². The maximum absolute atomic E-state index is 7.35. The molecule has 0 saturated carbocycles. The van der Waals surface area contributed by atoms with Crippen LogP contribution in [0.25, 0.3) is 43.8 Å². The Hall–Kier alpha value is -6.60. The maximum atomic E-state index is 7.35. The van der Waals surface area contributed by atoms with Crippen molar-refractivity contribution in [1.82, 2.24) is 0 Å². The minimum absolute atomic E-state index is 0. The molecule has 4 heteroatoms. The molecular weight excluding hydrogens is 1250 g/mol. The van der Waals surface area contributed by atoms with E-state index in [4.69, 9.17) is 12.8 Å². The normalized spacial score (nSPS) is 10.3. The first-order valence-electron chi connectivity index (χ1n) is 22.8. The monoisotopic (exact) mass is 1300 g/mol. The summed E-state index contributed by atoms with van der Waals surface area (Å²) >= 11 is 0. The van der Waals surface area contributed by atoms with E-state index in [-0.39, 0.29) is 44.8 Å². The molecule has 0 saturated heterocycles. The van der Waals surface area contributed by atoms with Gasteiger partial charge < -0.3 is 12.8 Å². The van der Waals surface area contributed by atoms with E-state index >= 15 is 0 Å². The molecule has 0 fully saturated rings. The SMILES string of the molecule is [Au+].[Au+].[C-]#Cc1ccc(-c2ccccc2)c2ccccc12.[C-]#Cc1ccc(-c2ccccc2)c2ccccc12.c1ccc([PH+](c2ccccc2)c2ccccc2[PH+](c2ccccc2)c2ccccc2)cc1. The summed E-state index contributed by atoms with van der Waals surface area (Å²) in [5, 5.41) is 13.2. The summed E-state index contributed by atoms with van der Waals surface area (Å²) in [5.41, 5.74) is 6.47. The molecule has 0 aliphatic carbocycles. The van der Waals surface area contributed by atoms with Gasteiger partial charge in [0.2, 0.25) is 0 Å². The van der Waals surface area contributed by atoms with Crippen molar-refractivity contribution in [2.24, 2.45) is 0 Å². The number of fused-ring (bicyclic) bond motifs is 2. The van der Waals surface area contributed by atoms with Gasteiger partial charge in [0.15, 0.2) is 0 Å². The van der Waals surface area contributed by atoms with Crippen LogP contribution in [0.15, 0.2) is 279 Å². The smallest absolute Gasteiger partial charge is 0.366 e. The van der Waals surface area contributed by atoms with Crippen LogP contribution in [0.4, 0.5) is 0 Å². The van der Waals surface area contributed by atoms with E-state index in [1.54, 1.807) is 0 Å². The van der Waals surface area contributed by atoms with Crippen LogP contribution in [-0.2, 0) is 44.8 Å². The fourth-order valence-electron chi connectivity index (χ4n) is 8.85. The fraction of sp³-hybridized carbons (Fsp3) is 0. The number of rotatable bonds is 8. The zero-order valence-electron chi connectivity index (χ0n) is 38.2. The molecule has 0 N–H and O–H groups in total. The first-order valence-corrected chi connectivity index (χ1v) is 25.8. The first-order chi connectivity index (χ1) is 33.7. The topological polar surface area (TPSA) is 0 Å². The van der Waals surface area contributed by atoms with E-state index in [1.807, 2.05) is 84.9 Å². The van der Waals surface area contributed by atoms with Crippen LogP contribution in [-0.4, -0.2) is 0 Å². The fourth-order valence-corrected chi connectivity index (χ4v) is 14.8. The minimum atomic E-state index is -1.14. The quantitative estimate of drug-likeness (QED) is 0.0616. The molecule has 0 aliphatic rings. The summed E-state index contributed by atoms with van der Waals surface area (Å²) in [6.07, 6.45) is 14.7. The van der Waals surface area contributed by atoms with Crippen molar-refractivity contribution in [3.63, 3.8) is 0 Å².